The lowest BCUT2D eigenvalue weighted by Crippen LogP contribution is -2.51. The van der Waals surface area contributed by atoms with Crippen molar-refractivity contribution >= 4 is 36.5 Å². The molecule has 29 heavy (non-hydrogen) atoms. The third-order valence-corrected chi connectivity index (χ3v) is 7.20. The van der Waals surface area contributed by atoms with Gasteiger partial charge < -0.3 is 15.1 Å². The van der Waals surface area contributed by atoms with Gasteiger partial charge in [0.05, 0.1) is 5.41 Å². The number of nitrogens with one attached hydrogen (secondary N) is 1. The molecule has 3 heterocycles. The number of nitrogens with zero attached hydrogens (tertiary/aromatic N) is 3. The molecule has 0 unspecified atom stereocenters. The van der Waals surface area contributed by atoms with E-state index in [1.54, 1.807) is 0 Å². The molecule has 1 aromatic rings. The van der Waals surface area contributed by atoms with Crippen LogP contribution in [0.2, 0.25) is 0 Å². The number of amides is 1. The first-order valence-corrected chi connectivity index (χ1v) is 10.9. The molecule has 5 nitrogen and oxygen atoms in total. The molecule has 0 bridgehead atoms. The molecule has 1 saturated carbocycles. The summed E-state index contributed by atoms with van der Waals surface area (Å²) in [6.45, 7) is 7.94. The molecule has 0 spiro atoms. The smallest absolute Gasteiger partial charge is 0.230 e. The predicted octanol–water partition coefficient (Wildman–Crippen LogP) is 3.77. The fourth-order valence-corrected chi connectivity index (χ4v) is 5.54. The van der Waals surface area contributed by atoms with Crippen molar-refractivity contribution in [2.75, 3.05) is 44.2 Å². The van der Waals surface area contributed by atoms with Crippen molar-refractivity contribution in [3.8, 4) is 0 Å². The van der Waals surface area contributed by atoms with E-state index in [4.69, 9.17) is 0 Å². The molecule has 0 aromatic carbocycles. The van der Waals surface area contributed by atoms with E-state index in [0.717, 1.165) is 64.3 Å². The summed E-state index contributed by atoms with van der Waals surface area (Å²) in [5, 5.41) is 3.53. The summed E-state index contributed by atoms with van der Waals surface area (Å²) < 4.78 is 0. The van der Waals surface area contributed by atoms with Crippen LogP contribution in [0.1, 0.15) is 45.4 Å². The second-order valence-electron chi connectivity index (χ2n) is 8.69. The monoisotopic (exact) mass is 442 g/mol. The number of halogens is 2. The topological polar surface area (TPSA) is 48.5 Å². The van der Waals surface area contributed by atoms with Gasteiger partial charge in [-0.05, 0) is 63.1 Å². The van der Waals surface area contributed by atoms with Crippen molar-refractivity contribution < 1.29 is 4.79 Å². The SMILES string of the molecule is CCN(CC1CCN(c2ccccn2)CC1)C(=O)[C@@]12CCCC[C@H]1CNC2.Cl.Cl. The summed E-state index contributed by atoms with van der Waals surface area (Å²) in [6, 6.07) is 6.12. The highest BCUT2D eigenvalue weighted by atomic mass is 35.5. The average molecular weight is 443 g/mol. The third-order valence-electron chi connectivity index (χ3n) is 7.20. The molecule has 3 fully saturated rings. The summed E-state index contributed by atoms with van der Waals surface area (Å²) >= 11 is 0. The highest BCUT2D eigenvalue weighted by Crippen LogP contribution is 2.45. The van der Waals surface area contributed by atoms with Gasteiger partial charge >= 0.3 is 0 Å². The Hall–Kier alpha value is -1.04. The number of carbonyl (C=O) groups excluding carboxylic acids is 1. The highest BCUT2D eigenvalue weighted by molar-refractivity contribution is 5.85. The zero-order valence-electron chi connectivity index (χ0n) is 17.5. The van der Waals surface area contributed by atoms with Crippen molar-refractivity contribution in [3.63, 3.8) is 0 Å². The zero-order chi connectivity index (χ0) is 18.7. The fourth-order valence-electron chi connectivity index (χ4n) is 5.54. The number of piperidine rings is 1. The molecule has 1 aliphatic carbocycles. The number of fused-ring (bicyclic) bond motifs is 1. The maximum atomic E-state index is 13.6. The summed E-state index contributed by atoms with van der Waals surface area (Å²) in [5.74, 6) is 2.69. The van der Waals surface area contributed by atoms with Gasteiger partial charge in [0.15, 0.2) is 0 Å². The Morgan fingerprint density at radius 2 is 2.03 bits per heavy atom. The van der Waals surface area contributed by atoms with Gasteiger partial charge in [0.1, 0.15) is 5.82 Å². The van der Waals surface area contributed by atoms with Crippen LogP contribution in [0.3, 0.4) is 0 Å². The van der Waals surface area contributed by atoms with Gasteiger partial charge in [0, 0.05) is 38.9 Å². The van der Waals surface area contributed by atoms with E-state index >= 15 is 0 Å². The van der Waals surface area contributed by atoms with Crippen LogP contribution in [0.4, 0.5) is 5.82 Å². The quantitative estimate of drug-likeness (QED) is 0.753. The molecule has 164 valence electrons. The fraction of sp³-hybridized carbons (Fsp3) is 0.727. The largest absolute Gasteiger partial charge is 0.357 e. The number of anilines is 1. The lowest BCUT2D eigenvalue weighted by molar-refractivity contribution is -0.146. The van der Waals surface area contributed by atoms with Gasteiger partial charge in [-0.3, -0.25) is 4.79 Å². The lowest BCUT2D eigenvalue weighted by Gasteiger charge is -2.42. The first kappa shape index (κ1) is 24.2. The molecule has 2 atom stereocenters. The van der Waals surface area contributed by atoms with Crippen LogP contribution in [0.5, 0.6) is 0 Å². The Labute approximate surface area is 187 Å². The number of hydrogen-bond acceptors (Lipinski definition) is 4. The molecular weight excluding hydrogens is 407 g/mol. The van der Waals surface area contributed by atoms with Crippen molar-refractivity contribution in [3.05, 3.63) is 24.4 Å². The number of aromatic nitrogens is 1. The second kappa shape index (κ2) is 10.8. The summed E-state index contributed by atoms with van der Waals surface area (Å²) in [4.78, 5) is 22.6. The summed E-state index contributed by atoms with van der Waals surface area (Å²) in [5.41, 5.74) is -0.108. The minimum Gasteiger partial charge on any atom is -0.357 e. The zero-order valence-corrected chi connectivity index (χ0v) is 19.1. The van der Waals surface area contributed by atoms with Crippen LogP contribution in [-0.2, 0) is 4.79 Å². The lowest BCUT2D eigenvalue weighted by atomic mass is 9.67. The molecule has 2 saturated heterocycles. The van der Waals surface area contributed by atoms with E-state index in [1.807, 2.05) is 12.3 Å². The van der Waals surface area contributed by atoms with Gasteiger partial charge in [-0.2, -0.15) is 0 Å². The van der Waals surface area contributed by atoms with Gasteiger partial charge in [-0.25, -0.2) is 4.98 Å². The van der Waals surface area contributed by atoms with Crippen molar-refractivity contribution in [1.82, 2.24) is 15.2 Å². The Kier molecular flexibility index (Phi) is 9.05. The summed E-state index contributed by atoms with van der Waals surface area (Å²) in [6.07, 6.45) is 8.97. The van der Waals surface area contributed by atoms with Crippen LogP contribution in [-0.4, -0.2) is 55.1 Å². The molecule has 0 radical (unpaired) electrons. The van der Waals surface area contributed by atoms with E-state index in [1.165, 1.54) is 19.3 Å². The van der Waals surface area contributed by atoms with Gasteiger partial charge in [0.2, 0.25) is 5.91 Å². The van der Waals surface area contributed by atoms with Crippen LogP contribution in [0.15, 0.2) is 24.4 Å². The molecule has 4 rings (SSSR count). The second-order valence-corrected chi connectivity index (χ2v) is 8.69. The van der Waals surface area contributed by atoms with Crippen LogP contribution in [0, 0.1) is 17.3 Å². The number of rotatable bonds is 5. The van der Waals surface area contributed by atoms with Crippen LogP contribution < -0.4 is 10.2 Å². The first-order chi connectivity index (χ1) is 13.2. The van der Waals surface area contributed by atoms with Crippen molar-refractivity contribution in [1.29, 1.82) is 0 Å². The number of hydrogen-bond donors (Lipinski definition) is 1. The molecule has 1 aromatic heterocycles. The standard InChI is InChI=1S/C22H34N4O.2ClH/c1-2-25(21(27)22-11-5-3-7-19(22)15-23-17-22)16-18-9-13-26(14-10-18)20-8-4-6-12-24-20;;/h4,6,8,12,18-19,23H,2-3,5,7,9-11,13-17H2,1H3;2*1H/t19-,22+;;/m0../s1. The van der Waals surface area contributed by atoms with E-state index in [2.05, 4.69) is 39.2 Å². The van der Waals surface area contributed by atoms with Crippen molar-refractivity contribution in [2.24, 2.45) is 17.3 Å². The van der Waals surface area contributed by atoms with E-state index < -0.39 is 0 Å². The van der Waals surface area contributed by atoms with Crippen molar-refractivity contribution in [2.45, 2.75) is 45.4 Å². The Balaban J connectivity index is 0.00000150. The third kappa shape index (κ3) is 5.00. The van der Waals surface area contributed by atoms with E-state index in [9.17, 15) is 4.79 Å². The molecular formula is C22H36Cl2N4O. The van der Waals surface area contributed by atoms with Gasteiger partial charge in [-0.1, -0.05) is 18.9 Å². The Morgan fingerprint density at radius 3 is 2.72 bits per heavy atom. The predicted molar refractivity (Wildman–Crippen MR) is 123 cm³/mol. The maximum Gasteiger partial charge on any atom is 0.230 e. The van der Waals surface area contributed by atoms with Gasteiger partial charge in [0.25, 0.3) is 0 Å². The molecule has 1 amide bonds. The minimum absolute atomic E-state index is 0. The average Bonchev–Trinajstić information content (AvgIpc) is 3.18. The van der Waals surface area contributed by atoms with E-state index in [-0.39, 0.29) is 30.2 Å². The highest BCUT2D eigenvalue weighted by Gasteiger charge is 2.51. The van der Waals surface area contributed by atoms with Crippen LogP contribution >= 0.6 is 24.8 Å². The first-order valence-electron chi connectivity index (χ1n) is 10.9. The van der Waals surface area contributed by atoms with E-state index in [0.29, 0.717) is 17.7 Å². The summed E-state index contributed by atoms with van der Waals surface area (Å²) in [7, 11) is 0. The Bertz CT molecular complexity index is 639. The number of pyridine rings is 1. The molecule has 2 aliphatic heterocycles. The molecule has 1 N–H and O–H groups in total. The molecule has 7 heteroatoms. The molecule has 3 aliphatic rings. The maximum absolute atomic E-state index is 13.6. The minimum atomic E-state index is -0.108. The number of carbonyl (C=O) groups is 1. The van der Waals surface area contributed by atoms with Crippen LogP contribution in [0.25, 0.3) is 0 Å². The normalized spacial score (nSPS) is 26.8. The Morgan fingerprint density at radius 1 is 1.24 bits per heavy atom. The van der Waals surface area contributed by atoms with Gasteiger partial charge in [-0.15, -0.1) is 24.8 Å².